The molecule has 0 aliphatic rings. The third-order valence-electron chi connectivity index (χ3n) is 4.06. The van der Waals surface area contributed by atoms with Crippen molar-refractivity contribution in [1.82, 2.24) is 0 Å². The summed E-state index contributed by atoms with van der Waals surface area (Å²) in [7, 11) is -2.79. The number of carbonyl (C=O) groups excluding carboxylic acids is 1. The molecule has 0 saturated heterocycles. The van der Waals surface area contributed by atoms with Gasteiger partial charge in [-0.05, 0) is 39.3 Å². The molecular weight excluding hydrogens is 392 g/mol. The van der Waals surface area contributed by atoms with Crippen molar-refractivity contribution < 1.29 is 22.8 Å². The molecule has 1 aromatic rings. The van der Waals surface area contributed by atoms with E-state index >= 15 is 0 Å². The van der Waals surface area contributed by atoms with Gasteiger partial charge in [0, 0.05) is 19.3 Å². The van der Waals surface area contributed by atoms with Gasteiger partial charge in [-0.2, -0.15) is 0 Å². The van der Waals surface area contributed by atoms with E-state index in [1.165, 1.54) is 19.3 Å². The van der Waals surface area contributed by atoms with Crippen molar-refractivity contribution in [2.24, 2.45) is 0 Å². The maximum Gasteiger partial charge on any atom is 0.501 e. The van der Waals surface area contributed by atoms with Gasteiger partial charge in [0.2, 0.25) is 5.12 Å². The van der Waals surface area contributed by atoms with Crippen LogP contribution in [0.5, 0.6) is 5.75 Å². The van der Waals surface area contributed by atoms with Gasteiger partial charge in [0.25, 0.3) is 0 Å². The van der Waals surface area contributed by atoms with E-state index < -0.39 is 8.80 Å². The molecular formula is C21H36O5SSi. The molecule has 0 radical (unpaired) electrons. The van der Waals surface area contributed by atoms with Crippen LogP contribution >= 0.6 is 11.8 Å². The van der Waals surface area contributed by atoms with Gasteiger partial charge in [-0.25, -0.2) is 0 Å². The number of para-hydroxylation sites is 1. The number of rotatable bonds is 16. The van der Waals surface area contributed by atoms with Gasteiger partial charge in [0.1, 0.15) is 11.2 Å². The number of hydrogen-bond donors (Lipinski definition) is 0. The molecule has 0 aliphatic heterocycles. The molecule has 0 saturated carbocycles. The van der Waals surface area contributed by atoms with Crippen molar-refractivity contribution >= 4 is 25.7 Å². The highest BCUT2D eigenvalue weighted by atomic mass is 32.2. The lowest BCUT2D eigenvalue weighted by atomic mass is 10.2. The first-order valence-electron chi connectivity index (χ1n) is 10.4. The van der Waals surface area contributed by atoms with Crippen LogP contribution in [-0.2, 0) is 18.1 Å². The SMILES string of the molecule is CCCCCCC[Si](OCC)(OCC)OC(C)SC(=O)COc1ccccc1. The fourth-order valence-corrected chi connectivity index (χ4v) is 6.68. The van der Waals surface area contributed by atoms with Gasteiger partial charge in [0.15, 0.2) is 6.61 Å². The number of benzene rings is 1. The van der Waals surface area contributed by atoms with E-state index in [1.54, 1.807) is 0 Å². The van der Waals surface area contributed by atoms with E-state index in [2.05, 4.69) is 6.92 Å². The Kier molecular flexibility index (Phi) is 13.5. The molecule has 0 aliphatic carbocycles. The molecule has 0 fully saturated rings. The summed E-state index contributed by atoms with van der Waals surface area (Å²) >= 11 is 1.13. The first kappa shape index (κ1) is 25.2. The summed E-state index contributed by atoms with van der Waals surface area (Å²) in [5, 5.41) is -0.0739. The van der Waals surface area contributed by atoms with Crippen molar-refractivity contribution in [1.29, 1.82) is 0 Å². The lowest BCUT2D eigenvalue weighted by Crippen LogP contribution is -2.47. The van der Waals surface area contributed by atoms with Crippen LogP contribution in [0, 0.1) is 0 Å². The maximum absolute atomic E-state index is 12.3. The Morgan fingerprint density at radius 2 is 1.64 bits per heavy atom. The molecule has 1 atom stereocenters. The van der Waals surface area contributed by atoms with Crippen LogP contribution < -0.4 is 4.74 Å². The van der Waals surface area contributed by atoms with E-state index in [4.69, 9.17) is 18.0 Å². The second kappa shape index (κ2) is 15.0. The van der Waals surface area contributed by atoms with Crippen molar-refractivity contribution in [3.8, 4) is 5.75 Å². The minimum absolute atomic E-state index is 0.0111. The molecule has 0 aromatic heterocycles. The smallest absolute Gasteiger partial charge is 0.485 e. The number of hydrogen-bond acceptors (Lipinski definition) is 6. The summed E-state index contributed by atoms with van der Waals surface area (Å²) in [6, 6.07) is 10.1. The minimum Gasteiger partial charge on any atom is -0.485 e. The lowest BCUT2D eigenvalue weighted by molar-refractivity contribution is -0.112. The highest BCUT2D eigenvalue weighted by Crippen LogP contribution is 2.26. The van der Waals surface area contributed by atoms with Crippen molar-refractivity contribution in [2.75, 3.05) is 19.8 Å². The van der Waals surface area contributed by atoms with E-state index in [9.17, 15) is 4.79 Å². The molecule has 5 nitrogen and oxygen atoms in total. The average Bonchev–Trinajstić information content (AvgIpc) is 2.67. The van der Waals surface area contributed by atoms with E-state index in [-0.39, 0.29) is 17.2 Å². The number of carbonyl (C=O) groups is 1. The number of ether oxygens (including phenoxy) is 1. The highest BCUT2D eigenvalue weighted by Gasteiger charge is 2.42. The van der Waals surface area contributed by atoms with E-state index in [1.807, 2.05) is 51.1 Å². The zero-order valence-corrected chi connectivity index (χ0v) is 19.6. The molecule has 7 heteroatoms. The second-order valence-electron chi connectivity index (χ2n) is 6.49. The van der Waals surface area contributed by atoms with Gasteiger partial charge in [-0.1, -0.05) is 62.6 Å². The maximum atomic E-state index is 12.3. The Balaban J connectivity index is 2.52. The third kappa shape index (κ3) is 10.6. The van der Waals surface area contributed by atoms with Crippen LogP contribution in [0.25, 0.3) is 0 Å². The molecule has 0 spiro atoms. The molecule has 1 unspecified atom stereocenters. The van der Waals surface area contributed by atoms with Crippen LogP contribution in [0.3, 0.4) is 0 Å². The van der Waals surface area contributed by atoms with E-state index in [0.29, 0.717) is 19.0 Å². The standard InChI is InChI=1S/C21H36O5SSi/c1-5-8-9-10-14-17-28(24-6-2,25-7-3)26-19(4)27-21(22)18-23-20-15-12-11-13-16-20/h11-13,15-16,19H,5-10,14,17-18H2,1-4H3. The van der Waals surface area contributed by atoms with Gasteiger partial charge in [-0.3, -0.25) is 4.79 Å². The fraction of sp³-hybridized carbons (Fsp3) is 0.667. The van der Waals surface area contributed by atoms with Crippen LogP contribution in [0.1, 0.15) is 59.8 Å². The molecule has 0 heterocycles. The Labute approximate surface area is 175 Å². The predicted octanol–water partition coefficient (Wildman–Crippen LogP) is 5.67. The zero-order valence-electron chi connectivity index (χ0n) is 17.8. The summed E-state index contributed by atoms with van der Waals surface area (Å²) in [6.07, 6.45) is 5.86. The molecule has 28 heavy (non-hydrogen) atoms. The van der Waals surface area contributed by atoms with Crippen LogP contribution in [0.4, 0.5) is 0 Å². The Bertz CT molecular complexity index is 523. The number of unbranched alkanes of at least 4 members (excludes halogenated alkanes) is 4. The van der Waals surface area contributed by atoms with Gasteiger partial charge in [0.05, 0.1) is 0 Å². The third-order valence-corrected chi connectivity index (χ3v) is 8.17. The normalized spacial score (nSPS) is 12.7. The van der Waals surface area contributed by atoms with Crippen molar-refractivity contribution in [3.05, 3.63) is 30.3 Å². The summed E-state index contributed by atoms with van der Waals surface area (Å²) < 4.78 is 23.7. The largest absolute Gasteiger partial charge is 0.501 e. The van der Waals surface area contributed by atoms with Gasteiger partial charge < -0.3 is 18.0 Å². The summed E-state index contributed by atoms with van der Waals surface area (Å²) in [6.45, 7) is 9.10. The highest BCUT2D eigenvalue weighted by molar-refractivity contribution is 8.14. The van der Waals surface area contributed by atoms with E-state index in [0.717, 1.165) is 30.6 Å². The van der Waals surface area contributed by atoms with Crippen LogP contribution in [0.2, 0.25) is 6.04 Å². The molecule has 160 valence electrons. The zero-order chi connectivity index (χ0) is 20.7. The van der Waals surface area contributed by atoms with Crippen LogP contribution in [-0.4, -0.2) is 39.2 Å². The molecule has 0 N–H and O–H groups in total. The average molecular weight is 429 g/mol. The molecule has 1 aromatic carbocycles. The predicted molar refractivity (Wildman–Crippen MR) is 118 cm³/mol. The summed E-state index contributed by atoms with van der Waals surface area (Å²) in [5.74, 6) is 0.685. The Morgan fingerprint density at radius 3 is 2.25 bits per heavy atom. The molecule has 0 amide bonds. The Morgan fingerprint density at radius 1 is 1.00 bits per heavy atom. The van der Waals surface area contributed by atoms with Gasteiger partial charge >= 0.3 is 8.80 Å². The van der Waals surface area contributed by atoms with Crippen molar-refractivity contribution in [2.45, 2.75) is 71.3 Å². The quantitative estimate of drug-likeness (QED) is 0.192. The first-order chi connectivity index (χ1) is 13.5. The van der Waals surface area contributed by atoms with Crippen LogP contribution in [0.15, 0.2) is 30.3 Å². The first-order valence-corrected chi connectivity index (χ1v) is 13.2. The summed E-state index contributed by atoms with van der Waals surface area (Å²) in [4.78, 5) is 12.3. The lowest BCUT2D eigenvalue weighted by Gasteiger charge is -2.31. The monoisotopic (exact) mass is 428 g/mol. The Hall–Kier alpha value is -0.863. The van der Waals surface area contributed by atoms with Crippen molar-refractivity contribution in [3.63, 3.8) is 0 Å². The fourth-order valence-electron chi connectivity index (χ4n) is 2.85. The topological polar surface area (TPSA) is 54.0 Å². The van der Waals surface area contributed by atoms with Gasteiger partial charge in [-0.15, -0.1) is 0 Å². The second-order valence-corrected chi connectivity index (χ2v) is 10.5. The minimum atomic E-state index is -2.79. The molecule has 1 rings (SSSR count). The number of thioether (sulfide) groups is 1. The molecule has 0 bridgehead atoms. The summed E-state index contributed by atoms with van der Waals surface area (Å²) in [5.41, 5.74) is -0.340.